The van der Waals surface area contributed by atoms with Crippen molar-refractivity contribution in [1.82, 2.24) is 15.8 Å². The van der Waals surface area contributed by atoms with E-state index in [9.17, 15) is 13.2 Å². The molecule has 0 bridgehead atoms. The highest BCUT2D eigenvalue weighted by Crippen LogP contribution is 2.34. The molecule has 4 rings (SSSR count). The second-order valence-corrected chi connectivity index (χ2v) is 7.52. The van der Waals surface area contributed by atoms with Crippen molar-refractivity contribution in [1.29, 1.82) is 0 Å². The molecular weight excluding hydrogens is 351 g/mol. The van der Waals surface area contributed by atoms with Crippen molar-refractivity contribution in [3.05, 3.63) is 71.0 Å². The number of hydrogen-bond donors (Lipinski definition) is 2. The van der Waals surface area contributed by atoms with Crippen LogP contribution in [0, 0.1) is 23.4 Å². The first kappa shape index (κ1) is 18.5. The molecule has 6 heteroatoms. The van der Waals surface area contributed by atoms with E-state index < -0.39 is 11.6 Å². The Kier molecular flexibility index (Phi) is 5.48. The molecule has 2 heterocycles. The molecule has 0 spiro atoms. The minimum Gasteiger partial charge on any atom is -0.299 e. The van der Waals surface area contributed by atoms with Gasteiger partial charge < -0.3 is 0 Å². The van der Waals surface area contributed by atoms with Gasteiger partial charge in [0.2, 0.25) is 0 Å². The first-order chi connectivity index (χ1) is 13.1. The SMILES string of the molecule is Fc1ccccc1CN1CCCC(C2NNCC2c2c(F)cccc2F)C1. The molecule has 0 aliphatic carbocycles. The van der Waals surface area contributed by atoms with Crippen molar-refractivity contribution in [3.63, 3.8) is 0 Å². The molecule has 0 saturated carbocycles. The average Bonchev–Trinajstić information content (AvgIpc) is 3.13. The molecule has 2 aliphatic heterocycles. The summed E-state index contributed by atoms with van der Waals surface area (Å²) < 4.78 is 42.6. The van der Waals surface area contributed by atoms with Crippen LogP contribution < -0.4 is 10.9 Å². The molecule has 3 nitrogen and oxygen atoms in total. The number of hydrogen-bond acceptors (Lipinski definition) is 3. The number of rotatable bonds is 4. The van der Waals surface area contributed by atoms with Gasteiger partial charge in [0, 0.05) is 42.7 Å². The number of halogens is 3. The van der Waals surface area contributed by atoms with E-state index in [1.165, 1.54) is 24.3 Å². The second-order valence-electron chi connectivity index (χ2n) is 7.52. The van der Waals surface area contributed by atoms with Gasteiger partial charge in [0.25, 0.3) is 0 Å². The lowest BCUT2D eigenvalue weighted by molar-refractivity contribution is 0.137. The summed E-state index contributed by atoms with van der Waals surface area (Å²) in [5.74, 6) is -1.19. The summed E-state index contributed by atoms with van der Waals surface area (Å²) in [6, 6.07) is 10.8. The van der Waals surface area contributed by atoms with Crippen molar-refractivity contribution < 1.29 is 13.2 Å². The Morgan fingerprint density at radius 1 is 0.963 bits per heavy atom. The van der Waals surface area contributed by atoms with Gasteiger partial charge in [0.05, 0.1) is 0 Å². The average molecular weight is 375 g/mol. The molecule has 3 atom stereocenters. The quantitative estimate of drug-likeness (QED) is 0.856. The van der Waals surface area contributed by atoms with Crippen LogP contribution in [-0.4, -0.2) is 30.6 Å². The topological polar surface area (TPSA) is 27.3 Å². The molecule has 0 amide bonds. The summed E-state index contributed by atoms with van der Waals surface area (Å²) in [5.41, 5.74) is 7.17. The summed E-state index contributed by atoms with van der Waals surface area (Å²) in [4.78, 5) is 2.24. The van der Waals surface area contributed by atoms with Crippen LogP contribution in [0.15, 0.2) is 42.5 Å². The summed E-state index contributed by atoms with van der Waals surface area (Å²) in [7, 11) is 0. The number of likely N-dealkylation sites (tertiary alicyclic amines) is 1. The van der Waals surface area contributed by atoms with Crippen molar-refractivity contribution in [2.45, 2.75) is 31.3 Å². The lowest BCUT2D eigenvalue weighted by Gasteiger charge is -2.37. The fraction of sp³-hybridized carbons (Fsp3) is 0.429. The summed E-state index contributed by atoms with van der Waals surface area (Å²) in [6.45, 7) is 2.73. The monoisotopic (exact) mass is 375 g/mol. The molecular formula is C21H24F3N3. The molecule has 3 unspecified atom stereocenters. The van der Waals surface area contributed by atoms with E-state index >= 15 is 0 Å². The molecule has 0 radical (unpaired) electrons. The van der Waals surface area contributed by atoms with Gasteiger partial charge in [-0.1, -0.05) is 24.3 Å². The molecule has 27 heavy (non-hydrogen) atoms. The summed E-state index contributed by atoms with van der Waals surface area (Å²) in [5, 5.41) is 0. The Bertz CT molecular complexity index is 778. The third-order valence-corrected chi connectivity index (χ3v) is 5.80. The molecule has 0 aromatic heterocycles. The fourth-order valence-corrected chi connectivity index (χ4v) is 4.50. The fourth-order valence-electron chi connectivity index (χ4n) is 4.50. The van der Waals surface area contributed by atoms with Gasteiger partial charge in [0.15, 0.2) is 0 Å². The van der Waals surface area contributed by atoms with Crippen LogP contribution in [0.2, 0.25) is 0 Å². The van der Waals surface area contributed by atoms with E-state index in [1.54, 1.807) is 6.07 Å². The van der Waals surface area contributed by atoms with E-state index in [-0.39, 0.29) is 29.3 Å². The zero-order valence-electron chi connectivity index (χ0n) is 15.1. The Labute approximate surface area is 157 Å². The van der Waals surface area contributed by atoms with Crippen LogP contribution in [0.3, 0.4) is 0 Å². The first-order valence-corrected chi connectivity index (χ1v) is 9.51. The minimum atomic E-state index is -0.491. The third kappa shape index (κ3) is 3.88. The van der Waals surface area contributed by atoms with Gasteiger partial charge in [-0.25, -0.2) is 13.2 Å². The highest BCUT2D eigenvalue weighted by molar-refractivity contribution is 5.27. The van der Waals surface area contributed by atoms with Crippen LogP contribution in [-0.2, 0) is 6.54 Å². The van der Waals surface area contributed by atoms with E-state index in [0.29, 0.717) is 18.7 Å². The van der Waals surface area contributed by atoms with Crippen molar-refractivity contribution >= 4 is 0 Å². The maximum Gasteiger partial charge on any atom is 0.129 e. The number of benzene rings is 2. The van der Waals surface area contributed by atoms with Crippen LogP contribution in [0.25, 0.3) is 0 Å². The zero-order valence-corrected chi connectivity index (χ0v) is 15.1. The lowest BCUT2D eigenvalue weighted by Crippen LogP contribution is -2.46. The zero-order chi connectivity index (χ0) is 18.8. The molecule has 2 N–H and O–H groups in total. The molecule has 2 aromatic rings. The second kappa shape index (κ2) is 8.00. The maximum absolute atomic E-state index is 14.3. The molecule has 144 valence electrons. The van der Waals surface area contributed by atoms with E-state index in [2.05, 4.69) is 15.8 Å². The standard InChI is InChI=1S/C21H24F3N3/c22-17-7-2-1-5-14(17)12-27-10-4-6-15(13-27)21-16(11-25-26-21)20-18(23)8-3-9-19(20)24/h1-3,5,7-9,15-16,21,25-26H,4,6,10-13H2. The predicted octanol–water partition coefficient (Wildman–Crippen LogP) is 3.58. The smallest absolute Gasteiger partial charge is 0.129 e. The molecule has 2 fully saturated rings. The highest BCUT2D eigenvalue weighted by Gasteiger charge is 2.39. The molecule has 2 aliphatic rings. The summed E-state index contributed by atoms with van der Waals surface area (Å²) >= 11 is 0. The normalized spacial score (nSPS) is 26.4. The van der Waals surface area contributed by atoms with Crippen molar-refractivity contribution in [2.75, 3.05) is 19.6 Å². The maximum atomic E-state index is 14.3. The third-order valence-electron chi connectivity index (χ3n) is 5.80. The largest absolute Gasteiger partial charge is 0.299 e. The Morgan fingerprint density at radius 3 is 2.48 bits per heavy atom. The lowest BCUT2D eigenvalue weighted by atomic mass is 9.80. The van der Waals surface area contributed by atoms with E-state index in [0.717, 1.165) is 25.9 Å². The van der Waals surface area contributed by atoms with E-state index in [4.69, 9.17) is 0 Å². The van der Waals surface area contributed by atoms with Crippen LogP contribution in [0.5, 0.6) is 0 Å². The minimum absolute atomic E-state index is 0.0557. The number of piperidine rings is 1. The Hall–Kier alpha value is -1.89. The van der Waals surface area contributed by atoms with Gasteiger partial charge >= 0.3 is 0 Å². The van der Waals surface area contributed by atoms with Gasteiger partial charge in [-0.15, -0.1) is 0 Å². The predicted molar refractivity (Wildman–Crippen MR) is 98.4 cm³/mol. The number of nitrogens with zero attached hydrogens (tertiary/aromatic N) is 1. The van der Waals surface area contributed by atoms with Gasteiger partial charge in [-0.05, 0) is 43.5 Å². The van der Waals surface area contributed by atoms with Crippen LogP contribution in [0.1, 0.15) is 29.9 Å². The van der Waals surface area contributed by atoms with Gasteiger partial charge in [0.1, 0.15) is 17.5 Å². The Morgan fingerprint density at radius 2 is 1.70 bits per heavy atom. The molecule has 2 saturated heterocycles. The van der Waals surface area contributed by atoms with Gasteiger partial charge in [-0.2, -0.15) is 0 Å². The summed E-state index contributed by atoms with van der Waals surface area (Å²) in [6.07, 6.45) is 1.98. The van der Waals surface area contributed by atoms with E-state index in [1.807, 2.05) is 12.1 Å². The van der Waals surface area contributed by atoms with Crippen LogP contribution >= 0.6 is 0 Å². The first-order valence-electron chi connectivity index (χ1n) is 9.51. The van der Waals surface area contributed by atoms with Crippen molar-refractivity contribution in [2.24, 2.45) is 5.92 Å². The highest BCUT2D eigenvalue weighted by atomic mass is 19.1. The van der Waals surface area contributed by atoms with Gasteiger partial charge in [-0.3, -0.25) is 15.8 Å². The van der Waals surface area contributed by atoms with Crippen LogP contribution in [0.4, 0.5) is 13.2 Å². The number of nitrogens with one attached hydrogen (secondary N) is 2. The molecule has 2 aromatic carbocycles. The van der Waals surface area contributed by atoms with Crippen molar-refractivity contribution in [3.8, 4) is 0 Å². The Balaban J connectivity index is 1.50. The number of hydrazine groups is 1.